The number of para-hydroxylation sites is 2. The van der Waals surface area contributed by atoms with E-state index in [1.54, 1.807) is 0 Å². The van der Waals surface area contributed by atoms with Gasteiger partial charge in [0.25, 0.3) is 5.56 Å². The first-order valence-electron chi connectivity index (χ1n) is 13.6. The van der Waals surface area contributed by atoms with Gasteiger partial charge in [0.15, 0.2) is 0 Å². The molecule has 5 atom stereocenters. The molecule has 1 aromatic carbocycles. The fourth-order valence-electron chi connectivity index (χ4n) is 8.03. The molecule has 7 nitrogen and oxygen atoms in total. The van der Waals surface area contributed by atoms with Crippen LogP contribution in [0, 0.1) is 17.2 Å². The smallest absolute Gasteiger partial charge is 0.279 e. The monoisotopic (exact) mass is 475 g/mol. The Kier molecular flexibility index (Phi) is 5.99. The first-order valence-corrected chi connectivity index (χ1v) is 13.6. The predicted octanol–water partition coefficient (Wildman–Crippen LogP) is 4.17. The molecule has 186 valence electrons. The largest absolute Gasteiger partial charge is 0.370 e. The number of hydrogen-bond donors (Lipinski definition) is 2. The summed E-state index contributed by atoms with van der Waals surface area (Å²) < 4.78 is 1.98. The fourth-order valence-corrected chi connectivity index (χ4v) is 8.03. The van der Waals surface area contributed by atoms with Crippen molar-refractivity contribution < 1.29 is 4.79 Å². The molecule has 2 saturated heterocycles. The lowest BCUT2D eigenvalue weighted by Gasteiger charge is -2.48. The molecular formula is C28H37N5O2. The average Bonchev–Trinajstić information content (AvgIpc) is 3.06. The molecule has 2 aliphatic heterocycles. The SMILES string of the molecule is N=C(CCC(N)=O)c1nc2ccccc2n([C@@H]2C[C@@H]3CCC[C@H]2N3C2CC3CCCC(C3)C2)c1=O. The van der Waals surface area contributed by atoms with E-state index in [9.17, 15) is 9.59 Å². The minimum Gasteiger partial charge on any atom is -0.370 e. The van der Waals surface area contributed by atoms with E-state index in [0.29, 0.717) is 18.1 Å². The lowest BCUT2D eigenvalue weighted by atomic mass is 9.69. The van der Waals surface area contributed by atoms with Crippen molar-refractivity contribution in [1.82, 2.24) is 14.5 Å². The molecule has 0 spiro atoms. The maximum atomic E-state index is 13.9. The molecule has 2 aliphatic carbocycles. The number of fused-ring (bicyclic) bond motifs is 5. The number of carbonyl (C=O) groups is 1. The Bertz CT molecular complexity index is 1190. The van der Waals surface area contributed by atoms with Crippen LogP contribution in [0.25, 0.3) is 11.0 Å². The quantitative estimate of drug-likeness (QED) is 0.612. The van der Waals surface area contributed by atoms with Gasteiger partial charge in [-0.05, 0) is 62.5 Å². The minimum absolute atomic E-state index is 0.0543. The van der Waals surface area contributed by atoms with Gasteiger partial charge in [0, 0.05) is 31.0 Å². The van der Waals surface area contributed by atoms with Crippen molar-refractivity contribution in [3.8, 4) is 0 Å². The maximum absolute atomic E-state index is 13.9. The summed E-state index contributed by atoms with van der Waals surface area (Å²) in [6, 6.07) is 9.49. The van der Waals surface area contributed by atoms with Gasteiger partial charge in [0.2, 0.25) is 5.91 Å². The van der Waals surface area contributed by atoms with Crippen LogP contribution in [0.1, 0.15) is 88.8 Å². The van der Waals surface area contributed by atoms with Crippen LogP contribution in [-0.2, 0) is 4.79 Å². The van der Waals surface area contributed by atoms with Gasteiger partial charge in [-0.25, -0.2) is 4.98 Å². The summed E-state index contributed by atoms with van der Waals surface area (Å²) in [5.74, 6) is 1.30. The van der Waals surface area contributed by atoms with Crippen molar-refractivity contribution in [1.29, 1.82) is 5.41 Å². The van der Waals surface area contributed by atoms with Crippen molar-refractivity contribution in [2.45, 2.75) is 101 Å². The zero-order chi connectivity index (χ0) is 24.1. The minimum atomic E-state index is -0.464. The highest BCUT2D eigenvalue weighted by atomic mass is 16.1. The molecule has 6 rings (SSSR count). The van der Waals surface area contributed by atoms with Gasteiger partial charge in [-0.2, -0.15) is 0 Å². The number of amides is 1. The summed E-state index contributed by atoms with van der Waals surface area (Å²) in [6.07, 6.45) is 13.0. The van der Waals surface area contributed by atoms with Crippen LogP contribution in [0.15, 0.2) is 29.1 Å². The van der Waals surface area contributed by atoms with Crippen LogP contribution in [0.2, 0.25) is 0 Å². The first kappa shape index (κ1) is 22.9. The van der Waals surface area contributed by atoms with E-state index in [0.717, 1.165) is 35.7 Å². The number of nitrogens with zero attached hydrogens (tertiary/aromatic N) is 3. The van der Waals surface area contributed by atoms with Crippen LogP contribution in [0.4, 0.5) is 0 Å². The Hall–Kier alpha value is -2.54. The van der Waals surface area contributed by atoms with Crippen LogP contribution in [0.3, 0.4) is 0 Å². The number of nitrogens with two attached hydrogens (primary N) is 1. The second-order valence-corrected chi connectivity index (χ2v) is 11.5. The lowest BCUT2D eigenvalue weighted by molar-refractivity contribution is -0.117. The fraction of sp³-hybridized carbons (Fsp3) is 0.643. The third kappa shape index (κ3) is 4.11. The Morgan fingerprint density at radius 2 is 1.69 bits per heavy atom. The predicted molar refractivity (Wildman–Crippen MR) is 137 cm³/mol. The van der Waals surface area contributed by atoms with Crippen molar-refractivity contribution in [3.05, 3.63) is 40.3 Å². The second-order valence-electron chi connectivity index (χ2n) is 11.5. The molecular weight excluding hydrogens is 438 g/mol. The van der Waals surface area contributed by atoms with E-state index in [1.807, 2.05) is 28.8 Å². The zero-order valence-electron chi connectivity index (χ0n) is 20.5. The van der Waals surface area contributed by atoms with Crippen molar-refractivity contribution >= 4 is 22.7 Å². The van der Waals surface area contributed by atoms with Crippen molar-refractivity contribution in [2.24, 2.45) is 17.6 Å². The highest BCUT2D eigenvalue weighted by Crippen LogP contribution is 2.49. The molecule has 1 amide bonds. The number of nitrogens with one attached hydrogen (secondary N) is 1. The Morgan fingerprint density at radius 3 is 2.46 bits per heavy atom. The van der Waals surface area contributed by atoms with Crippen LogP contribution in [0.5, 0.6) is 0 Å². The third-order valence-corrected chi connectivity index (χ3v) is 9.36. The van der Waals surface area contributed by atoms with Gasteiger partial charge < -0.3 is 15.7 Å². The highest BCUT2D eigenvalue weighted by molar-refractivity contribution is 5.99. The summed E-state index contributed by atoms with van der Waals surface area (Å²) in [4.78, 5) is 32.7. The van der Waals surface area contributed by atoms with Gasteiger partial charge in [-0.1, -0.05) is 37.8 Å². The number of primary amides is 1. The van der Waals surface area contributed by atoms with E-state index >= 15 is 0 Å². The summed E-state index contributed by atoms with van der Waals surface area (Å²) >= 11 is 0. The summed E-state index contributed by atoms with van der Waals surface area (Å²) in [5, 5.41) is 8.53. The van der Waals surface area contributed by atoms with Gasteiger partial charge >= 0.3 is 0 Å². The van der Waals surface area contributed by atoms with E-state index < -0.39 is 5.91 Å². The molecule has 35 heavy (non-hydrogen) atoms. The molecule has 7 heteroatoms. The van der Waals surface area contributed by atoms with E-state index in [4.69, 9.17) is 11.1 Å². The van der Waals surface area contributed by atoms with Crippen LogP contribution >= 0.6 is 0 Å². The molecule has 2 aromatic rings. The topological polar surface area (TPSA) is 105 Å². The number of benzene rings is 1. The average molecular weight is 476 g/mol. The summed E-state index contributed by atoms with van der Waals surface area (Å²) in [5.41, 5.74) is 7.01. The van der Waals surface area contributed by atoms with Crippen molar-refractivity contribution in [3.63, 3.8) is 0 Å². The van der Waals surface area contributed by atoms with Gasteiger partial charge in [0.1, 0.15) is 5.69 Å². The lowest BCUT2D eigenvalue weighted by Crippen LogP contribution is -2.51. The number of hydrogen-bond acceptors (Lipinski definition) is 5. The molecule has 1 aromatic heterocycles. The standard InChI is InChI=1S/C28H37N5O2/c29-21(11-12-26(30)34)27-28(35)33(23-9-2-1-8-22(23)31-27)25-16-19-7-4-10-24(25)32(19)20-14-17-5-3-6-18(13-17)15-20/h1-2,8-9,17-20,24-25,29H,3-7,10-16H2,(H2,30,34)/t17?,18?,19-,20?,24+,25+/m0/s1. The molecule has 2 unspecified atom stereocenters. The molecule has 4 bridgehead atoms. The zero-order valence-corrected chi connectivity index (χ0v) is 20.5. The van der Waals surface area contributed by atoms with E-state index in [2.05, 4.69) is 9.88 Å². The van der Waals surface area contributed by atoms with Crippen molar-refractivity contribution in [2.75, 3.05) is 0 Å². The Labute approximate surface area is 206 Å². The Morgan fingerprint density at radius 1 is 0.943 bits per heavy atom. The van der Waals surface area contributed by atoms with Gasteiger partial charge in [-0.3, -0.25) is 14.5 Å². The van der Waals surface area contributed by atoms with Gasteiger partial charge in [0.05, 0.1) is 22.8 Å². The molecule has 0 radical (unpaired) electrons. The molecule has 3 heterocycles. The Balaban J connectivity index is 1.38. The van der Waals surface area contributed by atoms with E-state index in [-0.39, 0.29) is 35.8 Å². The maximum Gasteiger partial charge on any atom is 0.279 e. The summed E-state index contributed by atoms with van der Waals surface area (Å²) in [6.45, 7) is 0. The molecule has 3 N–H and O–H groups in total. The van der Waals surface area contributed by atoms with Gasteiger partial charge in [-0.15, -0.1) is 0 Å². The van der Waals surface area contributed by atoms with E-state index in [1.165, 1.54) is 51.4 Å². The van der Waals surface area contributed by atoms with Crippen LogP contribution in [-0.4, -0.2) is 44.2 Å². The molecule has 4 aliphatic rings. The second kappa shape index (κ2) is 9.16. The number of carbonyl (C=O) groups excluding carboxylic acids is 1. The normalized spacial score (nSPS) is 32.6. The highest BCUT2D eigenvalue weighted by Gasteiger charge is 2.49. The van der Waals surface area contributed by atoms with Crippen LogP contribution < -0.4 is 11.3 Å². The number of rotatable bonds is 6. The first-order chi connectivity index (χ1) is 17.0. The summed E-state index contributed by atoms with van der Waals surface area (Å²) in [7, 11) is 0. The number of piperidine rings is 1. The molecule has 4 fully saturated rings. The number of aromatic nitrogens is 2. The molecule has 2 saturated carbocycles. The third-order valence-electron chi connectivity index (χ3n) is 9.36.